The van der Waals surface area contributed by atoms with Crippen LogP contribution in [0, 0.1) is 10.8 Å². The van der Waals surface area contributed by atoms with Crippen LogP contribution in [0.2, 0.25) is 0 Å². The molecule has 268 valence electrons. The summed E-state index contributed by atoms with van der Waals surface area (Å²) in [4.78, 5) is 62.7. The number of hydrogen-bond donors (Lipinski definition) is 2. The van der Waals surface area contributed by atoms with Crippen molar-refractivity contribution < 1.29 is 42.7 Å². The van der Waals surface area contributed by atoms with Crippen molar-refractivity contribution in [2.75, 3.05) is 27.6 Å². The van der Waals surface area contributed by atoms with Gasteiger partial charge in [-0.15, -0.1) is 0 Å². The molecule has 1 aromatic rings. The monoisotopic (exact) mass is 678 g/mol. The van der Waals surface area contributed by atoms with Crippen molar-refractivity contribution in [3.05, 3.63) is 33.1 Å². The van der Waals surface area contributed by atoms with Crippen LogP contribution >= 0.6 is 8.38 Å². The molecule has 1 fully saturated rings. The Labute approximate surface area is 275 Å². The van der Waals surface area contributed by atoms with Crippen LogP contribution in [0.4, 0.5) is 0 Å². The van der Waals surface area contributed by atoms with Gasteiger partial charge in [0.2, 0.25) is 5.78 Å². The molecular weight excluding hydrogens is 619 g/mol. The van der Waals surface area contributed by atoms with Gasteiger partial charge in [0.15, 0.2) is 12.6 Å². The fourth-order valence-corrected chi connectivity index (χ4v) is 4.95. The number of hydrogen-bond acceptors (Lipinski definition) is 11. The Kier molecular flexibility index (Phi) is 22.2. The topological polar surface area (TPSA) is 172 Å². The van der Waals surface area contributed by atoms with E-state index in [0.29, 0.717) is 6.42 Å². The number of aromatic amines is 1. The van der Waals surface area contributed by atoms with Crippen molar-refractivity contribution in [2.24, 2.45) is 10.8 Å². The number of aliphatic hydroxyl groups is 1. The minimum Gasteiger partial charge on any atom is -0.438 e. The fourth-order valence-electron chi connectivity index (χ4n) is 3.69. The van der Waals surface area contributed by atoms with Crippen LogP contribution in [-0.4, -0.2) is 71.4 Å². The molecule has 0 radical (unpaired) electrons. The van der Waals surface area contributed by atoms with E-state index in [4.69, 9.17) is 23.3 Å². The summed E-state index contributed by atoms with van der Waals surface area (Å²) in [6.45, 7) is 18.9. The molecule has 1 saturated carbocycles. The standard InChI is InChI=1S/C22H35N2O9P.C6H12O2.2C2H6/c1-14(24-10-9-16(25)23-20(24)29)11-15(30-8)12-32-34(18(27)17(26)21(2,3)4)33-13-31-19(28)22(5,6)7;1-8-6(7)4-2-3-5-6;2*1-2/h9-10,14-15H,11-13H2,1-8H3,(H,23,25,29);7H,2-5H2,1H3;2*1-2H3. The molecule has 3 unspecified atom stereocenters. The highest BCUT2D eigenvalue weighted by Gasteiger charge is 2.37. The van der Waals surface area contributed by atoms with Crippen molar-refractivity contribution in [1.29, 1.82) is 0 Å². The van der Waals surface area contributed by atoms with E-state index in [0.717, 1.165) is 25.7 Å². The Balaban J connectivity index is 0. The molecule has 2 rings (SSSR count). The number of aromatic nitrogens is 2. The van der Waals surface area contributed by atoms with Gasteiger partial charge in [0, 0.05) is 50.8 Å². The Hall–Kier alpha value is -2.28. The second-order valence-corrected chi connectivity index (χ2v) is 13.6. The zero-order chi connectivity index (χ0) is 36.3. The lowest BCUT2D eigenvalue weighted by Gasteiger charge is -2.24. The summed E-state index contributed by atoms with van der Waals surface area (Å²) in [6.07, 6.45) is 4.93. The summed E-state index contributed by atoms with van der Waals surface area (Å²) in [7, 11) is 0.616. The van der Waals surface area contributed by atoms with E-state index in [1.54, 1.807) is 55.6 Å². The lowest BCUT2D eigenvalue weighted by Crippen LogP contribution is -2.33. The number of esters is 1. The maximum absolute atomic E-state index is 12.8. The van der Waals surface area contributed by atoms with Crippen LogP contribution < -0.4 is 11.2 Å². The van der Waals surface area contributed by atoms with Crippen LogP contribution in [0.3, 0.4) is 0 Å². The van der Waals surface area contributed by atoms with Gasteiger partial charge < -0.3 is 23.8 Å². The maximum atomic E-state index is 12.8. The van der Waals surface area contributed by atoms with Gasteiger partial charge in [-0.2, -0.15) is 0 Å². The van der Waals surface area contributed by atoms with Gasteiger partial charge in [-0.25, -0.2) is 4.79 Å². The maximum Gasteiger partial charge on any atom is 0.328 e. The van der Waals surface area contributed by atoms with Gasteiger partial charge in [-0.05, 0) is 47.0 Å². The molecule has 46 heavy (non-hydrogen) atoms. The number of methoxy groups -OCH3 is 2. The molecule has 0 spiro atoms. The van der Waals surface area contributed by atoms with Gasteiger partial charge in [-0.1, -0.05) is 48.5 Å². The van der Waals surface area contributed by atoms with Crippen molar-refractivity contribution in [1.82, 2.24) is 9.55 Å². The summed E-state index contributed by atoms with van der Waals surface area (Å²) in [5.41, 5.74) is -3.64. The third kappa shape index (κ3) is 17.0. The van der Waals surface area contributed by atoms with E-state index in [-0.39, 0.29) is 12.6 Å². The van der Waals surface area contributed by atoms with Crippen molar-refractivity contribution in [2.45, 2.75) is 126 Å². The number of Topliss-reactive ketones (excluding diaryl/α,β-unsaturated/α-hetero) is 1. The molecule has 1 aromatic heterocycles. The first-order valence-corrected chi connectivity index (χ1v) is 17.0. The summed E-state index contributed by atoms with van der Waals surface area (Å²) in [5.74, 6) is -1.98. The highest BCUT2D eigenvalue weighted by Crippen LogP contribution is 2.42. The van der Waals surface area contributed by atoms with E-state index in [1.807, 2.05) is 27.7 Å². The quantitative estimate of drug-likeness (QED) is 0.117. The third-order valence-electron chi connectivity index (χ3n) is 6.42. The Morgan fingerprint density at radius 3 is 1.93 bits per heavy atom. The molecule has 1 aliphatic rings. The molecule has 0 saturated heterocycles. The summed E-state index contributed by atoms with van der Waals surface area (Å²) in [5, 5.41) is 9.28. The largest absolute Gasteiger partial charge is 0.438 e. The minimum absolute atomic E-state index is 0.124. The molecule has 0 amide bonds. The molecule has 0 aliphatic heterocycles. The SMILES string of the molecule is CC.CC.COC(COP(OCOC(=O)C(C)(C)C)C(=O)C(=O)C(C)(C)C)CC(C)n1ccc(=O)[nH]c1=O.COC1(O)CCCC1. The van der Waals surface area contributed by atoms with Gasteiger partial charge in [-0.3, -0.25) is 33.3 Å². The van der Waals surface area contributed by atoms with Gasteiger partial charge >= 0.3 is 11.7 Å². The second-order valence-electron chi connectivity index (χ2n) is 12.2. The van der Waals surface area contributed by atoms with E-state index in [1.165, 1.54) is 23.9 Å². The second kappa shape index (κ2) is 22.3. The van der Waals surface area contributed by atoms with Crippen LogP contribution in [0.15, 0.2) is 21.9 Å². The summed E-state index contributed by atoms with van der Waals surface area (Å²) >= 11 is 0. The van der Waals surface area contributed by atoms with Crippen molar-refractivity contribution in [3.8, 4) is 0 Å². The van der Waals surface area contributed by atoms with Crippen LogP contribution in [0.1, 0.15) is 114 Å². The first kappa shape index (κ1) is 45.8. The highest BCUT2D eigenvalue weighted by molar-refractivity contribution is 7.69. The van der Waals surface area contributed by atoms with E-state index < -0.39 is 66.4 Å². The summed E-state index contributed by atoms with van der Waals surface area (Å²) < 4.78 is 27.7. The van der Waals surface area contributed by atoms with Crippen molar-refractivity contribution >= 4 is 25.7 Å². The first-order valence-electron chi connectivity index (χ1n) is 15.8. The van der Waals surface area contributed by atoms with E-state index in [9.17, 15) is 29.1 Å². The Morgan fingerprint density at radius 2 is 1.52 bits per heavy atom. The number of nitrogens with zero attached hydrogens (tertiary/aromatic N) is 1. The normalized spacial score (nSPS) is 15.8. The molecule has 1 aliphatic carbocycles. The van der Waals surface area contributed by atoms with E-state index in [2.05, 4.69) is 4.98 Å². The van der Waals surface area contributed by atoms with Crippen LogP contribution in [0.5, 0.6) is 0 Å². The molecule has 2 N–H and O–H groups in total. The Bertz CT molecular complexity index is 1150. The summed E-state index contributed by atoms with van der Waals surface area (Å²) in [6, 6.07) is 0.864. The number of H-pyrrole nitrogens is 1. The molecule has 0 bridgehead atoms. The molecule has 13 nitrogen and oxygen atoms in total. The number of rotatable bonds is 13. The minimum atomic E-state index is -2.38. The molecule has 14 heteroatoms. The predicted octanol–water partition coefficient (Wildman–Crippen LogP) is 5.48. The number of carbonyl (C=O) groups is 3. The average molecular weight is 679 g/mol. The lowest BCUT2D eigenvalue weighted by molar-refractivity contribution is -0.178. The molecule has 1 heterocycles. The Morgan fingerprint density at radius 1 is 0.978 bits per heavy atom. The van der Waals surface area contributed by atoms with Gasteiger partial charge in [0.05, 0.1) is 18.1 Å². The average Bonchev–Trinajstić information content (AvgIpc) is 3.45. The number of ketones is 1. The zero-order valence-corrected chi connectivity index (χ0v) is 31.1. The first-order chi connectivity index (χ1) is 21.3. The predicted molar refractivity (Wildman–Crippen MR) is 178 cm³/mol. The van der Waals surface area contributed by atoms with Crippen molar-refractivity contribution in [3.63, 3.8) is 0 Å². The zero-order valence-electron chi connectivity index (χ0n) is 30.2. The highest BCUT2D eigenvalue weighted by atomic mass is 31.2. The van der Waals surface area contributed by atoms with Gasteiger partial charge in [0.1, 0.15) is 0 Å². The smallest absolute Gasteiger partial charge is 0.328 e. The number of carbonyl (C=O) groups excluding carboxylic acids is 3. The molecule has 3 atom stereocenters. The molecule has 0 aromatic carbocycles. The fraction of sp³-hybridized carbons (Fsp3) is 0.781. The van der Waals surface area contributed by atoms with Gasteiger partial charge in [0.25, 0.3) is 19.5 Å². The van der Waals surface area contributed by atoms with E-state index >= 15 is 0 Å². The van der Waals surface area contributed by atoms with Crippen LogP contribution in [0.25, 0.3) is 0 Å². The van der Waals surface area contributed by atoms with Crippen LogP contribution in [-0.2, 0) is 37.6 Å². The lowest BCUT2D eigenvalue weighted by atomic mass is 9.92. The number of ether oxygens (including phenoxy) is 3. The third-order valence-corrected chi connectivity index (χ3v) is 7.68. The number of nitrogens with one attached hydrogen (secondary N) is 1. The molecular formula is C32H59N2O11P.